The molecule has 0 aromatic heterocycles. The Balaban J connectivity index is 1.67. The monoisotopic (exact) mass is 523 g/mol. The van der Waals surface area contributed by atoms with Gasteiger partial charge in [-0.05, 0) is 80.1 Å². The second-order valence-electron chi connectivity index (χ2n) is 9.87. The van der Waals surface area contributed by atoms with E-state index >= 15 is 0 Å². The van der Waals surface area contributed by atoms with Gasteiger partial charge in [0.25, 0.3) is 0 Å². The van der Waals surface area contributed by atoms with Crippen molar-refractivity contribution < 1.29 is 24.2 Å². The zero-order valence-corrected chi connectivity index (χ0v) is 22.5. The lowest BCUT2D eigenvalue weighted by atomic mass is 10.00. The Morgan fingerprint density at radius 3 is 2.32 bits per heavy atom. The van der Waals surface area contributed by atoms with Crippen LogP contribution < -0.4 is 0 Å². The van der Waals surface area contributed by atoms with Gasteiger partial charge in [0.15, 0.2) is 0 Å². The highest BCUT2D eigenvalue weighted by Crippen LogP contribution is 2.23. The van der Waals surface area contributed by atoms with Crippen LogP contribution in [0.15, 0.2) is 72.8 Å². The molecular formula is C30H34ClNO5. The molecule has 0 aliphatic carbocycles. The first-order chi connectivity index (χ1) is 17.6. The average Bonchev–Trinajstić information content (AvgIpc) is 2.86. The summed E-state index contributed by atoms with van der Waals surface area (Å²) in [4.78, 5) is 26.1. The van der Waals surface area contributed by atoms with Gasteiger partial charge in [-0.2, -0.15) is 0 Å². The minimum atomic E-state index is -0.887. The lowest BCUT2D eigenvalue weighted by Gasteiger charge is -2.29. The summed E-state index contributed by atoms with van der Waals surface area (Å²) in [5, 5.41) is 11.3. The number of aliphatic hydroxyl groups is 1. The molecule has 1 atom stereocenters. The van der Waals surface area contributed by atoms with Gasteiger partial charge in [0.1, 0.15) is 5.60 Å². The van der Waals surface area contributed by atoms with Crippen molar-refractivity contribution in [2.45, 2.75) is 45.3 Å². The summed E-state index contributed by atoms with van der Waals surface area (Å²) in [6, 6.07) is 22.4. The molecule has 196 valence electrons. The number of rotatable bonds is 9. The Labute approximate surface area is 223 Å². The summed E-state index contributed by atoms with van der Waals surface area (Å²) < 4.78 is 10.4. The third kappa shape index (κ3) is 8.62. The summed E-state index contributed by atoms with van der Waals surface area (Å²) in [6.45, 7) is 5.98. The van der Waals surface area contributed by atoms with Crippen molar-refractivity contribution in [3.63, 3.8) is 0 Å². The maximum Gasteiger partial charge on any atom is 0.410 e. The number of halogens is 1. The third-order valence-corrected chi connectivity index (χ3v) is 5.97. The number of ether oxygens (including phenoxy) is 2. The fourth-order valence-electron chi connectivity index (χ4n) is 3.91. The van der Waals surface area contributed by atoms with Crippen molar-refractivity contribution in [1.82, 2.24) is 4.90 Å². The number of methoxy groups -OCH3 is 1. The molecule has 0 spiro atoms. The number of benzene rings is 3. The van der Waals surface area contributed by atoms with Crippen molar-refractivity contribution in [1.29, 1.82) is 0 Å². The summed E-state index contributed by atoms with van der Waals surface area (Å²) in [7, 11) is 1.36. The van der Waals surface area contributed by atoms with E-state index in [1.165, 1.54) is 7.11 Å². The van der Waals surface area contributed by atoms with E-state index in [1.807, 2.05) is 51.1 Å². The van der Waals surface area contributed by atoms with Crippen molar-refractivity contribution in [3.05, 3.63) is 94.5 Å². The molecule has 0 bridgehead atoms. The second kappa shape index (κ2) is 12.7. The number of aliphatic hydroxyl groups excluding tert-OH is 1. The topological polar surface area (TPSA) is 76.1 Å². The zero-order valence-electron chi connectivity index (χ0n) is 21.7. The van der Waals surface area contributed by atoms with E-state index in [0.717, 1.165) is 23.1 Å². The molecule has 3 aromatic carbocycles. The normalized spacial score (nSPS) is 12.1. The van der Waals surface area contributed by atoms with E-state index in [9.17, 15) is 14.7 Å². The Bertz CT molecular complexity index is 1200. The number of carbonyl (C=O) groups excluding carboxylic acids is 2. The molecule has 0 radical (unpaired) electrons. The molecule has 6 nitrogen and oxygen atoms in total. The van der Waals surface area contributed by atoms with E-state index in [-0.39, 0.29) is 12.5 Å². The Morgan fingerprint density at radius 1 is 0.973 bits per heavy atom. The molecule has 0 fully saturated rings. The highest BCUT2D eigenvalue weighted by molar-refractivity contribution is 6.30. The van der Waals surface area contributed by atoms with Gasteiger partial charge >= 0.3 is 12.1 Å². The fourth-order valence-corrected chi connectivity index (χ4v) is 4.11. The predicted molar refractivity (Wildman–Crippen MR) is 146 cm³/mol. The van der Waals surface area contributed by atoms with Crippen LogP contribution in [0.1, 0.15) is 54.8 Å². The quantitative estimate of drug-likeness (QED) is 0.316. The molecular weight excluding hydrogens is 490 g/mol. The van der Waals surface area contributed by atoms with Gasteiger partial charge in [0, 0.05) is 11.6 Å². The predicted octanol–water partition coefficient (Wildman–Crippen LogP) is 6.70. The second-order valence-corrected chi connectivity index (χ2v) is 10.3. The van der Waals surface area contributed by atoms with Crippen LogP contribution in [0.5, 0.6) is 0 Å². The Kier molecular flexibility index (Phi) is 9.73. The third-order valence-electron chi connectivity index (χ3n) is 5.74. The summed E-state index contributed by atoms with van der Waals surface area (Å²) in [6.07, 6.45) is 0.0721. The van der Waals surface area contributed by atoms with Crippen molar-refractivity contribution in [3.8, 4) is 11.1 Å². The van der Waals surface area contributed by atoms with Crippen molar-refractivity contribution in [2.75, 3.05) is 20.2 Å². The SMILES string of the molecule is COC(=O)c1ccc(-c2cccc(CCCN(C[C@H](O)c3cccc(Cl)c3)C(=O)OC(C)(C)C)c2)cc1. The van der Waals surface area contributed by atoms with E-state index in [4.69, 9.17) is 21.1 Å². The molecule has 0 aliphatic heterocycles. The van der Waals surface area contributed by atoms with Crippen LogP contribution in [-0.2, 0) is 15.9 Å². The van der Waals surface area contributed by atoms with Gasteiger partial charge in [0.2, 0.25) is 0 Å². The number of esters is 1. The van der Waals surface area contributed by atoms with Crippen LogP contribution in [0.2, 0.25) is 5.02 Å². The van der Waals surface area contributed by atoms with Gasteiger partial charge in [0.05, 0.1) is 25.3 Å². The van der Waals surface area contributed by atoms with E-state index in [0.29, 0.717) is 29.1 Å². The molecule has 7 heteroatoms. The van der Waals surface area contributed by atoms with E-state index < -0.39 is 17.8 Å². The Hall–Kier alpha value is -3.35. The largest absolute Gasteiger partial charge is 0.465 e. The number of nitrogens with zero attached hydrogens (tertiary/aromatic N) is 1. The molecule has 0 aliphatic rings. The van der Waals surface area contributed by atoms with E-state index in [1.54, 1.807) is 41.3 Å². The van der Waals surface area contributed by atoms with Gasteiger partial charge in [-0.3, -0.25) is 0 Å². The van der Waals surface area contributed by atoms with Crippen LogP contribution in [0, 0.1) is 0 Å². The first kappa shape index (κ1) is 28.2. The molecule has 1 N–H and O–H groups in total. The average molecular weight is 524 g/mol. The van der Waals surface area contributed by atoms with Gasteiger partial charge in [-0.25, -0.2) is 9.59 Å². The number of aryl methyl sites for hydroxylation is 1. The molecule has 37 heavy (non-hydrogen) atoms. The number of hydrogen-bond acceptors (Lipinski definition) is 5. The first-order valence-corrected chi connectivity index (χ1v) is 12.6. The van der Waals surface area contributed by atoms with E-state index in [2.05, 4.69) is 6.07 Å². The lowest BCUT2D eigenvalue weighted by molar-refractivity contribution is 0.0142. The molecule has 0 saturated heterocycles. The molecule has 0 saturated carbocycles. The van der Waals surface area contributed by atoms with Crippen molar-refractivity contribution in [2.24, 2.45) is 0 Å². The van der Waals surface area contributed by atoms with Crippen LogP contribution >= 0.6 is 11.6 Å². The maximum atomic E-state index is 12.9. The number of hydrogen-bond donors (Lipinski definition) is 1. The van der Waals surface area contributed by atoms with Crippen LogP contribution in [0.3, 0.4) is 0 Å². The summed E-state index contributed by atoms with van der Waals surface area (Å²) >= 11 is 6.07. The maximum absolute atomic E-state index is 12.9. The van der Waals surface area contributed by atoms with Crippen LogP contribution in [-0.4, -0.2) is 47.9 Å². The Morgan fingerprint density at radius 2 is 1.68 bits per heavy atom. The molecule has 1 amide bonds. The minimum Gasteiger partial charge on any atom is -0.465 e. The molecule has 3 rings (SSSR count). The highest BCUT2D eigenvalue weighted by atomic mass is 35.5. The fraction of sp³-hybridized carbons (Fsp3) is 0.333. The smallest absolute Gasteiger partial charge is 0.410 e. The summed E-state index contributed by atoms with van der Waals surface area (Å²) in [5.74, 6) is -0.365. The molecule has 3 aromatic rings. The number of amides is 1. The number of carbonyl (C=O) groups is 2. The van der Waals surface area contributed by atoms with Gasteiger partial charge in [-0.1, -0.05) is 60.1 Å². The molecule has 0 unspecified atom stereocenters. The minimum absolute atomic E-state index is 0.0990. The standard InChI is InChI=1S/C30H34ClNO5/c1-30(2,3)37-29(35)32(20-27(33)25-11-6-12-26(31)19-25)17-7-9-21-8-5-10-24(18-21)22-13-15-23(16-14-22)28(34)36-4/h5-6,8,10-16,18-19,27,33H,7,9,17,20H2,1-4H3/t27-/m0/s1. The van der Waals surface area contributed by atoms with Gasteiger partial charge < -0.3 is 19.5 Å². The molecule has 0 heterocycles. The van der Waals surface area contributed by atoms with Gasteiger partial charge in [-0.15, -0.1) is 0 Å². The summed E-state index contributed by atoms with van der Waals surface area (Å²) in [5.41, 5.74) is 3.66. The van der Waals surface area contributed by atoms with Crippen LogP contribution in [0.25, 0.3) is 11.1 Å². The first-order valence-electron chi connectivity index (χ1n) is 12.2. The van der Waals surface area contributed by atoms with Crippen molar-refractivity contribution >= 4 is 23.7 Å². The highest BCUT2D eigenvalue weighted by Gasteiger charge is 2.24. The van der Waals surface area contributed by atoms with Crippen LogP contribution in [0.4, 0.5) is 4.79 Å². The zero-order chi connectivity index (χ0) is 27.0. The lowest BCUT2D eigenvalue weighted by Crippen LogP contribution is -2.40.